The number of H-pyrrole nitrogens is 2. The number of aromatic nitrogens is 5. The molecule has 1 fully saturated rings. The molecule has 7 nitrogen and oxygen atoms in total. The van der Waals surface area contributed by atoms with E-state index in [0.29, 0.717) is 5.69 Å². The molecule has 1 aromatic carbocycles. The topological polar surface area (TPSA) is 99.3 Å². The molecular weight excluding hydrogens is 523 g/mol. The first-order chi connectivity index (χ1) is 19.6. The van der Waals surface area contributed by atoms with Gasteiger partial charge in [0.2, 0.25) is 5.91 Å². The number of carbonyl (C=O) groups excluding carboxylic acids is 1. The molecule has 0 radical (unpaired) electrons. The van der Waals surface area contributed by atoms with Crippen molar-refractivity contribution in [2.75, 3.05) is 5.32 Å². The van der Waals surface area contributed by atoms with Crippen LogP contribution < -0.4 is 5.32 Å². The van der Waals surface area contributed by atoms with Gasteiger partial charge in [-0.3, -0.25) is 14.8 Å². The minimum absolute atomic E-state index is 0.0800. The maximum Gasteiger partial charge on any atom is 0.227 e. The highest BCUT2D eigenvalue weighted by atomic mass is 32.1. The predicted molar refractivity (Wildman–Crippen MR) is 158 cm³/mol. The van der Waals surface area contributed by atoms with Gasteiger partial charge in [-0.1, -0.05) is 25.8 Å². The van der Waals surface area contributed by atoms with E-state index >= 15 is 0 Å². The lowest BCUT2D eigenvalue weighted by molar-refractivity contribution is -0.119. The number of imidazole rings is 1. The number of aryl methyl sites for hydroxylation is 1. The van der Waals surface area contributed by atoms with Crippen LogP contribution in [0, 0.1) is 11.0 Å². The molecule has 3 N–H and O–H groups in total. The molecule has 6 aromatic rings. The highest BCUT2D eigenvalue weighted by molar-refractivity contribution is 7.14. The largest absolute Gasteiger partial charge is 0.358 e. The number of amides is 1. The van der Waals surface area contributed by atoms with E-state index in [1.165, 1.54) is 6.07 Å². The summed E-state index contributed by atoms with van der Waals surface area (Å²) in [6, 6.07) is 11.5. The first-order valence-electron chi connectivity index (χ1n) is 13.6. The van der Waals surface area contributed by atoms with Gasteiger partial charge in [-0.2, -0.15) is 4.39 Å². The van der Waals surface area contributed by atoms with Crippen LogP contribution in [0.2, 0.25) is 0 Å². The molecule has 1 aliphatic carbocycles. The fourth-order valence-corrected chi connectivity index (χ4v) is 6.49. The van der Waals surface area contributed by atoms with E-state index in [2.05, 4.69) is 50.4 Å². The van der Waals surface area contributed by atoms with Crippen LogP contribution in [0.5, 0.6) is 0 Å². The Morgan fingerprint density at radius 3 is 2.65 bits per heavy atom. The van der Waals surface area contributed by atoms with Gasteiger partial charge in [-0.05, 0) is 55.2 Å². The maximum absolute atomic E-state index is 13.8. The fourth-order valence-electron chi connectivity index (χ4n) is 5.75. The van der Waals surface area contributed by atoms with Crippen molar-refractivity contribution in [3.63, 3.8) is 0 Å². The fraction of sp³-hybridized carbons (Fsp3) is 0.226. The summed E-state index contributed by atoms with van der Waals surface area (Å²) in [5.41, 5.74) is 8.05. The van der Waals surface area contributed by atoms with E-state index in [1.807, 2.05) is 12.3 Å². The van der Waals surface area contributed by atoms with E-state index < -0.39 is 0 Å². The standard InChI is InChI=1S/C31H27FN6OS/c1-2-23-28(30-37-25-16-34-15-22(29(25)38-30)26-9-10-27(32)40-26)21-12-18(7-8-24(21)36-23)19-11-20(14-33-13-19)35-31(39)17-5-3-4-6-17/h7-17,36H,2-6H2,1H3,(H,35,39)(H,37,38). The number of fused-ring (bicyclic) bond motifs is 2. The molecule has 5 aromatic heterocycles. The second-order valence-corrected chi connectivity index (χ2v) is 11.3. The summed E-state index contributed by atoms with van der Waals surface area (Å²) >= 11 is 1.08. The third kappa shape index (κ3) is 4.36. The zero-order chi connectivity index (χ0) is 27.2. The highest BCUT2D eigenvalue weighted by Crippen LogP contribution is 2.38. The minimum atomic E-state index is -0.239. The van der Waals surface area contributed by atoms with Crippen molar-refractivity contribution in [1.29, 1.82) is 0 Å². The third-order valence-corrected chi connectivity index (χ3v) is 8.67. The van der Waals surface area contributed by atoms with Gasteiger partial charge in [0.05, 0.1) is 23.6 Å². The summed E-state index contributed by atoms with van der Waals surface area (Å²) < 4.78 is 13.8. The lowest BCUT2D eigenvalue weighted by atomic mass is 10.0. The van der Waals surface area contributed by atoms with Crippen LogP contribution in [0.4, 0.5) is 10.1 Å². The summed E-state index contributed by atoms with van der Waals surface area (Å²) in [5, 5.41) is 3.86. The first kappa shape index (κ1) is 24.7. The third-order valence-electron chi connectivity index (χ3n) is 7.76. The van der Waals surface area contributed by atoms with Crippen molar-refractivity contribution in [2.24, 2.45) is 5.92 Å². The first-order valence-corrected chi connectivity index (χ1v) is 14.4. The Bertz CT molecular complexity index is 1880. The maximum atomic E-state index is 13.8. The molecule has 0 saturated heterocycles. The molecule has 40 heavy (non-hydrogen) atoms. The number of hydrogen-bond donors (Lipinski definition) is 3. The minimum Gasteiger partial charge on any atom is -0.358 e. The molecule has 0 unspecified atom stereocenters. The van der Waals surface area contributed by atoms with Crippen molar-refractivity contribution in [3.8, 4) is 33.0 Å². The molecule has 0 atom stereocenters. The van der Waals surface area contributed by atoms with E-state index in [4.69, 9.17) is 4.98 Å². The number of benzene rings is 1. The van der Waals surface area contributed by atoms with Gasteiger partial charge in [0.15, 0.2) is 5.13 Å². The number of thiophene rings is 1. The number of carbonyl (C=O) groups is 1. The average molecular weight is 551 g/mol. The number of nitrogens with zero attached hydrogens (tertiary/aromatic N) is 3. The number of aromatic amines is 2. The second kappa shape index (κ2) is 9.98. The molecule has 0 bridgehead atoms. The zero-order valence-electron chi connectivity index (χ0n) is 21.9. The summed E-state index contributed by atoms with van der Waals surface area (Å²) in [5.74, 6) is 0.905. The van der Waals surface area contributed by atoms with E-state index in [1.54, 1.807) is 24.7 Å². The van der Waals surface area contributed by atoms with Crippen LogP contribution in [-0.2, 0) is 11.2 Å². The van der Waals surface area contributed by atoms with Gasteiger partial charge in [0.1, 0.15) is 11.3 Å². The molecule has 9 heteroatoms. The smallest absolute Gasteiger partial charge is 0.227 e. The zero-order valence-corrected chi connectivity index (χ0v) is 22.7. The second-order valence-electron chi connectivity index (χ2n) is 10.3. The Balaban J connectivity index is 1.29. The normalized spacial score (nSPS) is 13.9. The van der Waals surface area contributed by atoms with Gasteiger partial charge in [0.25, 0.3) is 0 Å². The molecule has 0 spiro atoms. The Hall–Kier alpha value is -4.37. The molecule has 1 amide bonds. The number of hydrogen-bond acceptors (Lipinski definition) is 5. The Morgan fingerprint density at radius 2 is 1.85 bits per heavy atom. The van der Waals surface area contributed by atoms with Crippen LogP contribution in [-0.4, -0.2) is 30.8 Å². The summed E-state index contributed by atoms with van der Waals surface area (Å²) in [6.07, 6.45) is 11.9. The Labute approximate surface area is 233 Å². The monoisotopic (exact) mass is 550 g/mol. The van der Waals surface area contributed by atoms with Crippen LogP contribution in [0.1, 0.15) is 38.3 Å². The molecular formula is C31H27FN6OS. The number of anilines is 1. The quantitative estimate of drug-likeness (QED) is 0.198. The van der Waals surface area contributed by atoms with Gasteiger partial charge in [-0.15, -0.1) is 11.3 Å². The van der Waals surface area contributed by atoms with Crippen LogP contribution in [0.25, 0.3) is 54.9 Å². The summed E-state index contributed by atoms with van der Waals surface area (Å²) in [7, 11) is 0. The van der Waals surface area contributed by atoms with Gasteiger partial charge in [0, 0.05) is 56.5 Å². The molecule has 1 aliphatic rings. The summed E-state index contributed by atoms with van der Waals surface area (Å²) in [6.45, 7) is 2.11. The lowest BCUT2D eigenvalue weighted by Crippen LogP contribution is -2.20. The molecule has 0 aliphatic heterocycles. The SMILES string of the molecule is CCc1[nH]c2ccc(-c3cncc(NC(=O)C4CCCC4)c3)cc2c1-c1nc2c(-c3ccc(F)s3)cncc2[nH]1. The Morgan fingerprint density at radius 1 is 1.00 bits per heavy atom. The number of nitrogens with one attached hydrogen (secondary N) is 3. The van der Waals surface area contributed by atoms with Crippen LogP contribution in [0.15, 0.2) is 61.2 Å². The summed E-state index contributed by atoms with van der Waals surface area (Å²) in [4.78, 5) is 34.3. The number of pyridine rings is 2. The molecule has 1 saturated carbocycles. The van der Waals surface area contributed by atoms with Crippen molar-refractivity contribution in [2.45, 2.75) is 39.0 Å². The van der Waals surface area contributed by atoms with Crippen molar-refractivity contribution in [3.05, 3.63) is 72.0 Å². The van der Waals surface area contributed by atoms with E-state index in [0.717, 1.165) is 104 Å². The molecule has 5 heterocycles. The molecule has 200 valence electrons. The molecule has 7 rings (SSSR count). The van der Waals surface area contributed by atoms with Crippen molar-refractivity contribution in [1.82, 2.24) is 24.9 Å². The van der Waals surface area contributed by atoms with Crippen LogP contribution in [0.3, 0.4) is 0 Å². The Kier molecular flexibility index (Phi) is 6.15. The van der Waals surface area contributed by atoms with Crippen LogP contribution >= 0.6 is 11.3 Å². The highest BCUT2D eigenvalue weighted by Gasteiger charge is 2.23. The number of rotatable bonds is 6. The predicted octanol–water partition coefficient (Wildman–Crippen LogP) is 7.73. The van der Waals surface area contributed by atoms with E-state index in [-0.39, 0.29) is 17.0 Å². The lowest BCUT2D eigenvalue weighted by Gasteiger charge is -2.11. The van der Waals surface area contributed by atoms with Gasteiger partial charge >= 0.3 is 0 Å². The number of halogens is 1. The van der Waals surface area contributed by atoms with Crippen molar-refractivity contribution >= 4 is 44.9 Å². The van der Waals surface area contributed by atoms with Gasteiger partial charge < -0.3 is 15.3 Å². The van der Waals surface area contributed by atoms with Gasteiger partial charge in [-0.25, -0.2) is 4.98 Å². The average Bonchev–Trinajstić information content (AvgIpc) is 3.78. The van der Waals surface area contributed by atoms with E-state index in [9.17, 15) is 9.18 Å². The van der Waals surface area contributed by atoms with Crippen molar-refractivity contribution < 1.29 is 9.18 Å².